The quantitative estimate of drug-likeness (QED) is 0.0233. The third-order valence-electron chi connectivity index (χ3n) is 12.3. The number of aliphatic hydroxyl groups is 3. The van der Waals surface area contributed by atoms with E-state index in [2.05, 4.69) is 53.8 Å². The average molecular weight is 1190 g/mol. The molecule has 39 nitrogen and oxygen atoms in total. The summed E-state index contributed by atoms with van der Waals surface area (Å²) < 4.78 is 116. The lowest BCUT2D eigenvalue weighted by atomic mass is 9.99. The Bertz CT molecular complexity index is 3530. The van der Waals surface area contributed by atoms with E-state index in [1.54, 1.807) is 7.05 Å². The number of nitrogens with zero attached hydrogens (tertiary/aromatic N) is 10. The number of hydrogen-bond acceptors (Lipinski definition) is 29. The van der Waals surface area contributed by atoms with Gasteiger partial charge >= 0.3 is 36.9 Å². The van der Waals surface area contributed by atoms with Gasteiger partial charge in [0.05, 0.1) is 52.2 Å². The average Bonchev–Trinajstić information content (AvgIpc) is 4.40. The molecular formula is C35H50N15O24P4+. The number of fused-ring (bicyclic) bond motifs is 3. The van der Waals surface area contributed by atoms with Gasteiger partial charge in [-0.1, -0.05) is 4.98 Å². The minimum atomic E-state index is -6.18. The number of methoxy groups -OCH3 is 2. The van der Waals surface area contributed by atoms with Crippen molar-refractivity contribution in [2.75, 3.05) is 64.5 Å². The second-order valence-corrected chi connectivity index (χ2v) is 23.4. The minimum Gasteiger partial charge on any atom is -0.387 e. The fourth-order valence-corrected chi connectivity index (χ4v) is 13.4. The number of anilines is 3. The maximum atomic E-state index is 13.8. The molecule has 3 aliphatic rings. The van der Waals surface area contributed by atoms with Crippen molar-refractivity contribution in [3.05, 3.63) is 46.0 Å². The fraction of sp³-hybridized carbons (Fsp3) is 0.571. The van der Waals surface area contributed by atoms with Crippen molar-refractivity contribution >= 4 is 82.5 Å². The molecule has 6 aromatic rings. The first-order valence-electron chi connectivity index (χ1n) is 22.5. The number of aromatic nitrogens is 12. The number of ether oxygens (including phenoxy) is 5. The van der Waals surface area contributed by atoms with Gasteiger partial charge in [0.15, 0.2) is 41.4 Å². The fourth-order valence-electron chi connectivity index (χ4n) is 8.94. The molecule has 0 radical (unpaired) electrons. The third-order valence-corrected chi connectivity index (χ3v) is 17.5. The predicted octanol–water partition coefficient (Wildman–Crippen LogP) is -3.35. The Kier molecular flexibility index (Phi) is 16.3. The van der Waals surface area contributed by atoms with Crippen LogP contribution in [-0.2, 0) is 75.7 Å². The van der Waals surface area contributed by atoms with Gasteiger partial charge in [0, 0.05) is 27.2 Å². The highest BCUT2D eigenvalue weighted by atomic mass is 31.3. The Labute approximate surface area is 434 Å². The summed E-state index contributed by atoms with van der Waals surface area (Å²) in [6.07, 6.45) is -12.6. The van der Waals surface area contributed by atoms with Gasteiger partial charge in [-0.2, -0.15) is 13.6 Å². The smallest absolute Gasteiger partial charge is 0.387 e. The van der Waals surface area contributed by atoms with Crippen molar-refractivity contribution in [3.63, 3.8) is 0 Å². The zero-order valence-electron chi connectivity index (χ0n) is 40.6. The van der Waals surface area contributed by atoms with Crippen molar-refractivity contribution in [3.8, 4) is 0 Å². The van der Waals surface area contributed by atoms with E-state index in [4.69, 9.17) is 53.2 Å². The minimum absolute atomic E-state index is 0.0174. The molecule has 78 heavy (non-hydrogen) atoms. The largest absolute Gasteiger partial charge is 0.490 e. The number of rotatable bonds is 22. The zero-order chi connectivity index (χ0) is 56.4. The molecule has 14 N–H and O–H groups in total. The first-order valence-corrected chi connectivity index (χ1v) is 28.4. The van der Waals surface area contributed by atoms with Crippen LogP contribution in [0.1, 0.15) is 18.7 Å². The number of imidazole rings is 3. The summed E-state index contributed by atoms with van der Waals surface area (Å²) in [4.78, 5) is 97.0. The zero-order valence-corrected chi connectivity index (χ0v) is 44.1. The summed E-state index contributed by atoms with van der Waals surface area (Å²) in [5.74, 6) is -1.35. The molecular weight excluding hydrogens is 1140 g/mol. The summed E-state index contributed by atoms with van der Waals surface area (Å²) >= 11 is 0. The Hall–Kier alpha value is -5.15. The normalized spacial score (nSPS) is 29.7. The van der Waals surface area contributed by atoms with Crippen LogP contribution in [0.3, 0.4) is 0 Å². The number of nitrogens with one attached hydrogen (secondary N) is 3. The topological polar surface area (TPSA) is 537 Å². The second kappa shape index (κ2) is 22.1. The molecule has 3 saturated heterocycles. The van der Waals surface area contributed by atoms with Crippen molar-refractivity contribution in [2.45, 2.75) is 67.5 Å². The molecule has 6 aromatic heterocycles. The maximum Gasteiger partial charge on any atom is 0.490 e. The summed E-state index contributed by atoms with van der Waals surface area (Å²) in [5.41, 5.74) is 10.0. The third kappa shape index (κ3) is 11.6. The molecule has 428 valence electrons. The second-order valence-electron chi connectivity index (χ2n) is 17.3. The van der Waals surface area contributed by atoms with Crippen LogP contribution in [0.2, 0.25) is 0 Å². The van der Waals surface area contributed by atoms with E-state index in [0.717, 1.165) is 24.3 Å². The van der Waals surface area contributed by atoms with Crippen molar-refractivity contribution in [2.24, 2.45) is 13.0 Å². The first kappa shape index (κ1) is 57.5. The molecule has 0 spiro atoms. The van der Waals surface area contributed by atoms with E-state index in [1.807, 2.05) is 0 Å². The van der Waals surface area contributed by atoms with Crippen LogP contribution in [0.5, 0.6) is 0 Å². The van der Waals surface area contributed by atoms with Crippen LogP contribution < -0.4 is 32.5 Å². The summed E-state index contributed by atoms with van der Waals surface area (Å²) in [6.45, 7) is -3.41. The van der Waals surface area contributed by atoms with Gasteiger partial charge in [-0.15, -0.1) is 0 Å². The van der Waals surface area contributed by atoms with E-state index in [-0.39, 0.29) is 57.8 Å². The van der Waals surface area contributed by atoms with Crippen LogP contribution in [0, 0.1) is 5.92 Å². The lowest BCUT2D eigenvalue weighted by Crippen LogP contribution is -2.45. The van der Waals surface area contributed by atoms with Crippen LogP contribution >= 0.6 is 31.3 Å². The van der Waals surface area contributed by atoms with Crippen LogP contribution in [0.4, 0.5) is 17.7 Å². The monoisotopic (exact) mass is 1190 g/mol. The molecule has 3 fully saturated rings. The Balaban J connectivity index is 0.876. The van der Waals surface area contributed by atoms with E-state index >= 15 is 0 Å². The molecule has 9 rings (SSSR count). The number of aryl methyl sites for hydroxylation is 1. The molecule has 3 aliphatic heterocycles. The van der Waals surface area contributed by atoms with Crippen molar-refractivity contribution in [1.29, 1.82) is 0 Å². The lowest BCUT2D eigenvalue weighted by Gasteiger charge is -2.26. The van der Waals surface area contributed by atoms with Crippen LogP contribution in [0.15, 0.2) is 34.9 Å². The van der Waals surface area contributed by atoms with Gasteiger partial charge in [-0.05, 0) is 0 Å². The predicted molar refractivity (Wildman–Crippen MR) is 253 cm³/mol. The van der Waals surface area contributed by atoms with Gasteiger partial charge in [-0.3, -0.25) is 51.4 Å². The Morgan fingerprint density at radius 3 is 1.97 bits per heavy atom. The first-order chi connectivity index (χ1) is 36.7. The molecule has 43 heteroatoms. The number of nitrogen functional groups attached to an aromatic ring is 2. The lowest BCUT2D eigenvalue weighted by molar-refractivity contribution is -0.745. The van der Waals surface area contributed by atoms with Gasteiger partial charge in [-0.25, -0.2) is 42.8 Å². The Morgan fingerprint density at radius 1 is 0.705 bits per heavy atom. The number of aliphatic hydroxyl groups excluding tert-OH is 3. The molecule has 0 aromatic carbocycles. The van der Waals surface area contributed by atoms with E-state index in [1.165, 1.54) is 40.5 Å². The number of H-pyrrole nitrogens is 2. The molecule has 9 heterocycles. The number of phosphoric ester groups is 3. The van der Waals surface area contributed by atoms with Gasteiger partial charge in [0.1, 0.15) is 54.6 Å². The van der Waals surface area contributed by atoms with Gasteiger partial charge in [0.2, 0.25) is 17.7 Å². The number of hydrogen-bond donors (Lipinski definition) is 12. The van der Waals surface area contributed by atoms with Crippen molar-refractivity contribution in [1.82, 2.24) is 53.6 Å². The standard InChI is InChI=1S/C35H49N15O24P4/c1-38-25-17-26(40-9-39-25)48(10-41-17)33-24(65-4)23(72-75(56,57)66-7-15-21(52)22(53)32(70-15)49-11-42-18-27(49)43-34(36)45-29(18)54)16(71-33)8-68-77(60,61)74-78(62,63)73-76(58,59)67-6-14-13(5-64-3)20(51)31(69-14)50-12-47(2)19-28(50)44-35(37)46-30(19)55/h9-16,20-24,31-33,51-53H,5-8H2,1-4H3,(H10-,36,37,38,39,40,43,44,45,46,54,55,56,57,58,59,60,61,62,63)/p+1/t13-,14-,15-,16-,20-,21-,22-,23-,24-,31-,32-,33-/m1/s1. The highest BCUT2D eigenvalue weighted by Gasteiger charge is 2.54. The summed E-state index contributed by atoms with van der Waals surface area (Å²) in [7, 11) is -17.9. The molecule has 0 saturated carbocycles. The van der Waals surface area contributed by atoms with Crippen molar-refractivity contribution < 1.29 is 108 Å². The maximum absolute atomic E-state index is 13.8. The van der Waals surface area contributed by atoms with E-state index < -0.39 is 136 Å². The van der Waals surface area contributed by atoms with Crippen LogP contribution in [0.25, 0.3) is 33.5 Å². The number of phosphoric acid groups is 4. The molecule has 16 atom stereocenters. The number of aromatic amines is 2. The summed E-state index contributed by atoms with van der Waals surface area (Å²) in [5, 5.41) is 35.9. The molecule has 0 aliphatic carbocycles. The van der Waals surface area contributed by atoms with E-state index in [0.29, 0.717) is 0 Å². The molecule has 4 unspecified atom stereocenters. The van der Waals surface area contributed by atoms with E-state index in [9.17, 15) is 62.7 Å². The van der Waals surface area contributed by atoms with Crippen LogP contribution in [-0.4, -0.2) is 185 Å². The number of nitrogens with two attached hydrogens (primary N) is 2. The highest BCUT2D eigenvalue weighted by molar-refractivity contribution is 7.66. The van der Waals surface area contributed by atoms with Gasteiger partial charge in [0.25, 0.3) is 17.1 Å². The highest BCUT2D eigenvalue weighted by Crippen LogP contribution is 2.68. The molecule has 0 amide bonds. The Morgan fingerprint density at radius 2 is 1.31 bits per heavy atom. The van der Waals surface area contributed by atoms with Gasteiger partial charge < -0.3 is 75.4 Å². The molecule has 0 bridgehead atoms. The SMILES string of the molecule is CNc1ncnc2c1ncn2[C@@H]1O[C@H](COP(=O)(O)OP(=O)(O)OP(=O)(O)OC[C@H]2O[C@@H]([n+]3cn(C)c4c(=O)[nH]c(N)nc43)[C@H](O)[C@@H]2COC)[C@@H](OP(=O)(O)OC[C@H]2O[C@@H](n3cnc4c(=O)[nH]c(N)nc43)[C@H](O)[C@@H]2O)[C@H]1OC. The summed E-state index contributed by atoms with van der Waals surface area (Å²) in [6, 6.07) is 0.